The zero-order chi connectivity index (χ0) is 13.0. The number of nitrogens with two attached hydrogens (primary N) is 2. The van der Waals surface area contributed by atoms with E-state index >= 15 is 0 Å². The minimum absolute atomic E-state index is 0.000407. The van der Waals surface area contributed by atoms with Crippen LogP contribution in [0.2, 0.25) is 10.2 Å². The number of nitrogens with one attached hydrogen (secondary N) is 1. The average Bonchev–Trinajstić information content (AvgIpc) is 2.23. The van der Waals surface area contributed by atoms with Gasteiger partial charge < -0.3 is 16.8 Å². The van der Waals surface area contributed by atoms with Crippen molar-refractivity contribution in [2.24, 2.45) is 11.5 Å². The summed E-state index contributed by atoms with van der Waals surface area (Å²) < 4.78 is 0. The third-order valence-corrected chi connectivity index (χ3v) is 2.49. The molecule has 0 saturated heterocycles. The number of amides is 2. The van der Waals surface area contributed by atoms with Crippen LogP contribution >= 0.6 is 23.2 Å². The van der Waals surface area contributed by atoms with Crippen LogP contribution in [0.3, 0.4) is 0 Å². The van der Waals surface area contributed by atoms with Gasteiger partial charge in [-0.25, -0.2) is 9.97 Å². The van der Waals surface area contributed by atoms with Gasteiger partial charge in [0.15, 0.2) is 11.0 Å². The number of halogens is 2. The molecule has 2 amide bonds. The molecule has 0 radical (unpaired) electrons. The topological polar surface area (TPSA) is 124 Å². The second-order valence-corrected chi connectivity index (χ2v) is 3.83. The molecule has 1 atom stereocenters. The highest BCUT2D eigenvalue weighted by Crippen LogP contribution is 2.25. The molecule has 1 unspecified atom stereocenters. The third-order valence-electron chi connectivity index (χ3n) is 1.75. The molecule has 1 rings (SSSR count). The number of aromatic nitrogens is 2. The lowest BCUT2D eigenvalue weighted by Gasteiger charge is -2.10. The van der Waals surface area contributed by atoms with Crippen LogP contribution in [0, 0.1) is 0 Å². The molecule has 0 fully saturated rings. The Kier molecular flexibility index (Phi) is 4.62. The lowest BCUT2D eigenvalue weighted by molar-refractivity contribution is -0.123. The Balaban J connectivity index is 2.74. The summed E-state index contributed by atoms with van der Waals surface area (Å²) >= 11 is 11.4. The highest BCUT2D eigenvalue weighted by atomic mass is 35.5. The van der Waals surface area contributed by atoms with E-state index in [0.29, 0.717) is 0 Å². The lowest BCUT2D eigenvalue weighted by Crippen LogP contribution is -2.39. The van der Waals surface area contributed by atoms with Crippen LogP contribution in [-0.4, -0.2) is 27.8 Å². The Bertz CT molecular complexity index is 454. The molecule has 17 heavy (non-hydrogen) atoms. The summed E-state index contributed by atoms with van der Waals surface area (Å²) in [4.78, 5) is 29.4. The fraction of sp³-hybridized carbons (Fsp3) is 0.250. The summed E-state index contributed by atoms with van der Waals surface area (Å²) in [6, 6.07) is -1.07. The molecule has 0 aliphatic rings. The summed E-state index contributed by atoms with van der Waals surface area (Å²) in [6.07, 6.45) is 0.853. The Morgan fingerprint density at radius 1 is 1.41 bits per heavy atom. The first-order valence-corrected chi connectivity index (χ1v) is 5.18. The van der Waals surface area contributed by atoms with E-state index in [0.717, 1.165) is 6.33 Å². The van der Waals surface area contributed by atoms with E-state index in [-0.39, 0.29) is 22.4 Å². The van der Waals surface area contributed by atoms with Crippen molar-refractivity contribution in [2.45, 2.75) is 12.5 Å². The molecule has 1 aromatic rings. The number of nitrogens with zero attached hydrogens (tertiary/aromatic N) is 2. The van der Waals surface area contributed by atoms with Crippen LogP contribution in [0.4, 0.5) is 5.82 Å². The van der Waals surface area contributed by atoms with E-state index in [1.165, 1.54) is 0 Å². The molecule has 0 saturated carbocycles. The van der Waals surface area contributed by atoms with Gasteiger partial charge in [0.25, 0.3) is 0 Å². The normalized spacial score (nSPS) is 11.9. The van der Waals surface area contributed by atoms with Crippen molar-refractivity contribution < 1.29 is 9.59 Å². The Morgan fingerprint density at radius 3 is 2.65 bits per heavy atom. The second kappa shape index (κ2) is 5.76. The van der Waals surface area contributed by atoms with Crippen molar-refractivity contribution in [1.29, 1.82) is 0 Å². The van der Waals surface area contributed by atoms with Gasteiger partial charge >= 0.3 is 0 Å². The predicted octanol–water partition coefficient (Wildman–Crippen LogP) is -0.0754. The molecule has 1 heterocycles. The van der Waals surface area contributed by atoms with Crippen molar-refractivity contribution in [3.8, 4) is 0 Å². The first-order chi connectivity index (χ1) is 7.91. The van der Waals surface area contributed by atoms with Gasteiger partial charge in [-0.1, -0.05) is 23.2 Å². The molecule has 0 bridgehead atoms. The molecular formula is C8H9Cl2N5O2. The fourth-order valence-electron chi connectivity index (χ4n) is 0.954. The van der Waals surface area contributed by atoms with Crippen molar-refractivity contribution in [2.75, 3.05) is 5.32 Å². The number of rotatable bonds is 4. The maximum atomic E-state index is 11.5. The minimum Gasteiger partial charge on any atom is -0.370 e. The van der Waals surface area contributed by atoms with Gasteiger partial charge in [0.1, 0.15) is 11.3 Å². The van der Waals surface area contributed by atoms with Crippen LogP contribution < -0.4 is 16.8 Å². The Hall–Kier alpha value is -1.44. The Morgan fingerprint density at radius 2 is 2.06 bits per heavy atom. The molecule has 7 nitrogen and oxygen atoms in total. The predicted molar refractivity (Wildman–Crippen MR) is 62.5 cm³/mol. The summed E-state index contributed by atoms with van der Waals surface area (Å²) in [7, 11) is 0. The molecule has 0 spiro atoms. The summed E-state index contributed by atoms with van der Waals surface area (Å²) in [5.74, 6) is -1.29. The summed E-state index contributed by atoms with van der Waals surface area (Å²) in [5.41, 5.74) is 10.3. The van der Waals surface area contributed by atoms with E-state index < -0.39 is 17.9 Å². The summed E-state index contributed by atoms with van der Waals surface area (Å²) in [6.45, 7) is 0. The van der Waals surface area contributed by atoms with Crippen molar-refractivity contribution in [3.05, 3.63) is 16.5 Å². The third kappa shape index (κ3) is 3.81. The van der Waals surface area contributed by atoms with Gasteiger partial charge in [-0.05, 0) is 0 Å². The Labute approximate surface area is 106 Å². The fourth-order valence-corrected chi connectivity index (χ4v) is 1.23. The molecular weight excluding hydrogens is 269 g/mol. The van der Waals surface area contributed by atoms with Gasteiger partial charge in [-0.2, -0.15) is 0 Å². The van der Waals surface area contributed by atoms with E-state index in [4.69, 9.17) is 34.7 Å². The van der Waals surface area contributed by atoms with Crippen LogP contribution in [0.5, 0.6) is 0 Å². The monoisotopic (exact) mass is 277 g/mol. The van der Waals surface area contributed by atoms with Crippen molar-refractivity contribution in [1.82, 2.24) is 9.97 Å². The number of carbonyl (C=O) groups is 2. The lowest BCUT2D eigenvalue weighted by atomic mass is 10.2. The number of hydrogen-bond donors (Lipinski definition) is 3. The van der Waals surface area contributed by atoms with Crippen molar-refractivity contribution >= 4 is 40.8 Å². The molecule has 0 aromatic carbocycles. The van der Waals surface area contributed by atoms with Crippen molar-refractivity contribution in [3.63, 3.8) is 0 Å². The van der Waals surface area contributed by atoms with Crippen LogP contribution in [0.1, 0.15) is 6.42 Å². The van der Waals surface area contributed by atoms with Gasteiger partial charge in [0.2, 0.25) is 11.8 Å². The molecule has 0 aliphatic carbocycles. The van der Waals surface area contributed by atoms with E-state index in [1.54, 1.807) is 0 Å². The number of carbonyl (C=O) groups excluding carboxylic acids is 2. The minimum atomic E-state index is -1.07. The van der Waals surface area contributed by atoms with Gasteiger partial charge in [-0.3, -0.25) is 9.59 Å². The first kappa shape index (κ1) is 13.6. The van der Waals surface area contributed by atoms with Crippen LogP contribution in [-0.2, 0) is 9.59 Å². The molecule has 5 N–H and O–H groups in total. The maximum Gasteiger partial charge on any atom is 0.243 e. The largest absolute Gasteiger partial charge is 0.370 e. The second-order valence-electron chi connectivity index (χ2n) is 3.09. The van der Waals surface area contributed by atoms with E-state index in [1.807, 2.05) is 0 Å². The van der Waals surface area contributed by atoms with Gasteiger partial charge in [0.05, 0.1) is 12.5 Å². The highest BCUT2D eigenvalue weighted by molar-refractivity contribution is 6.42. The standard InChI is InChI=1S/C8H9Cl2N5O2/c9-5-6(10)13-2-14-7(5)15-8(17)3(11)1-4(12)16/h2-3H,1,11H2,(H2,12,16)(H,13,14,15,17). The summed E-state index contributed by atoms with van der Waals surface area (Å²) in [5, 5.41) is 2.31. The van der Waals surface area contributed by atoms with E-state index in [9.17, 15) is 9.59 Å². The molecule has 92 valence electrons. The number of anilines is 1. The molecule has 9 heteroatoms. The number of primary amides is 1. The zero-order valence-corrected chi connectivity index (χ0v) is 10.00. The quantitative estimate of drug-likeness (QED) is 0.665. The van der Waals surface area contributed by atoms with Gasteiger partial charge in [-0.15, -0.1) is 0 Å². The van der Waals surface area contributed by atoms with Crippen LogP contribution in [0.25, 0.3) is 0 Å². The molecule has 0 aliphatic heterocycles. The SMILES string of the molecule is NC(=O)CC(N)C(=O)Nc1ncnc(Cl)c1Cl. The van der Waals surface area contributed by atoms with Gasteiger partial charge in [0, 0.05) is 0 Å². The maximum absolute atomic E-state index is 11.5. The van der Waals surface area contributed by atoms with E-state index in [2.05, 4.69) is 15.3 Å². The highest BCUT2D eigenvalue weighted by Gasteiger charge is 2.18. The smallest absolute Gasteiger partial charge is 0.243 e. The number of hydrogen-bond acceptors (Lipinski definition) is 5. The average molecular weight is 278 g/mol. The first-order valence-electron chi connectivity index (χ1n) is 4.42. The van der Waals surface area contributed by atoms with Crippen LogP contribution in [0.15, 0.2) is 6.33 Å². The molecule has 1 aromatic heterocycles. The zero-order valence-electron chi connectivity index (χ0n) is 8.48.